The van der Waals surface area contributed by atoms with E-state index in [4.69, 9.17) is 5.21 Å². The third-order valence-corrected chi connectivity index (χ3v) is 6.31. The van der Waals surface area contributed by atoms with Crippen molar-refractivity contribution >= 4 is 50.1 Å². The molecule has 0 unspecified atom stereocenters. The van der Waals surface area contributed by atoms with Gasteiger partial charge in [-0.2, -0.15) is 0 Å². The molecule has 0 aliphatic heterocycles. The Morgan fingerprint density at radius 2 is 1.93 bits per heavy atom. The maximum atomic E-state index is 13.1. The smallest absolute Gasteiger partial charge is 0.267 e. The molecule has 1 amide bonds. The molecule has 6 nitrogen and oxygen atoms in total. The van der Waals surface area contributed by atoms with E-state index in [-0.39, 0.29) is 5.91 Å². The molecule has 3 N–H and O–H groups in total. The summed E-state index contributed by atoms with van der Waals surface area (Å²) in [4.78, 5) is 17.9. The van der Waals surface area contributed by atoms with E-state index in [0.29, 0.717) is 10.6 Å². The van der Waals surface area contributed by atoms with Crippen molar-refractivity contribution < 1.29 is 10.0 Å². The van der Waals surface area contributed by atoms with Crippen LogP contribution in [0.4, 0.5) is 17.1 Å². The Balaban J connectivity index is 1.52. The zero-order chi connectivity index (χ0) is 20.5. The minimum atomic E-state index is -0.166. The first-order valence-electron chi connectivity index (χ1n) is 9.57. The predicted molar refractivity (Wildman–Crippen MR) is 120 cm³/mol. The van der Waals surface area contributed by atoms with Crippen molar-refractivity contribution in [1.82, 2.24) is 4.98 Å². The van der Waals surface area contributed by atoms with Gasteiger partial charge in [-0.05, 0) is 48.7 Å². The second-order valence-electron chi connectivity index (χ2n) is 7.04. The van der Waals surface area contributed by atoms with Gasteiger partial charge in [-0.15, -0.1) is 11.3 Å². The van der Waals surface area contributed by atoms with Gasteiger partial charge in [0.05, 0.1) is 16.1 Å². The van der Waals surface area contributed by atoms with E-state index in [1.54, 1.807) is 12.4 Å². The van der Waals surface area contributed by atoms with Crippen molar-refractivity contribution in [3.05, 3.63) is 83.0 Å². The van der Waals surface area contributed by atoms with Crippen LogP contribution < -0.4 is 10.6 Å². The summed E-state index contributed by atoms with van der Waals surface area (Å²) >= 11 is 1.41. The van der Waals surface area contributed by atoms with E-state index in [2.05, 4.69) is 26.8 Å². The molecule has 0 spiro atoms. The van der Waals surface area contributed by atoms with Gasteiger partial charge >= 0.3 is 0 Å². The Bertz CT molecular complexity index is 1280. The number of thiophene rings is 1. The minimum absolute atomic E-state index is 0.166. The lowest BCUT2D eigenvalue weighted by molar-refractivity contribution is 0.103. The summed E-state index contributed by atoms with van der Waals surface area (Å²) in [5.41, 5.74) is 5.22. The molecular formula is C23H18N4O2S. The lowest BCUT2D eigenvalue weighted by atomic mass is 10.1. The van der Waals surface area contributed by atoms with Gasteiger partial charge in [-0.3, -0.25) is 9.78 Å². The number of carbonyl (C=O) groups excluding carboxylic acids is 1. The van der Waals surface area contributed by atoms with Crippen molar-refractivity contribution in [2.75, 3.05) is 10.6 Å². The lowest BCUT2D eigenvalue weighted by Gasteiger charge is -2.11. The molecule has 1 aliphatic rings. The molecule has 5 rings (SSSR count). The maximum Gasteiger partial charge on any atom is 0.267 e. The Morgan fingerprint density at radius 1 is 1.07 bits per heavy atom. The molecule has 1 aliphatic carbocycles. The van der Waals surface area contributed by atoms with Crippen LogP contribution in [-0.4, -0.2) is 21.8 Å². The van der Waals surface area contributed by atoms with E-state index < -0.39 is 0 Å². The first-order chi connectivity index (χ1) is 14.7. The first-order valence-corrected chi connectivity index (χ1v) is 10.4. The normalized spacial score (nSPS) is 14.1. The second-order valence-corrected chi connectivity index (χ2v) is 8.09. The summed E-state index contributed by atoms with van der Waals surface area (Å²) in [6, 6.07) is 17.3. The largest absolute Gasteiger partial charge is 0.411 e. The third-order valence-electron chi connectivity index (χ3n) is 5.17. The van der Waals surface area contributed by atoms with Crippen LogP contribution in [0.3, 0.4) is 0 Å². The summed E-state index contributed by atoms with van der Waals surface area (Å²) in [7, 11) is 0. The van der Waals surface area contributed by atoms with Crippen molar-refractivity contribution in [3.63, 3.8) is 0 Å². The molecule has 2 aromatic carbocycles. The number of nitrogens with zero attached hydrogens (tertiary/aromatic N) is 2. The van der Waals surface area contributed by atoms with Crippen molar-refractivity contribution in [3.8, 4) is 0 Å². The van der Waals surface area contributed by atoms with E-state index in [9.17, 15) is 4.79 Å². The van der Waals surface area contributed by atoms with Gasteiger partial charge in [0.15, 0.2) is 0 Å². The van der Waals surface area contributed by atoms with Crippen LogP contribution >= 0.6 is 11.3 Å². The molecule has 148 valence electrons. The molecule has 0 radical (unpaired) electrons. The lowest BCUT2D eigenvalue weighted by Crippen LogP contribution is -2.11. The zero-order valence-corrected chi connectivity index (χ0v) is 16.7. The van der Waals surface area contributed by atoms with Gasteiger partial charge < -0.3 is 15.8 Å². The molecular weight excluding hydrogens is 396 g/mol. The monoisotopic (exact) mass is 414 g/mol. The van der Waals surface area contributed by atoms with E-state index in [0.717, 1.165) is 51.1 Å². The second kappa shape index (κ2) is 7.61. The van der Waals surface area contributed by atoms with Crippen molar-refractivity contribution in [1.29, 1.82) is 0 Å². The number of oxime groups is 1. The number of hydrogen-bond acceptors (Lipinski definition) is 6. The summed E-state index contributed by atoms with van der Waals surface area (Å²) < 4.78 is 0.939. The number of aromatic nitrogens is 1. The number of fused-ring (bicyclic) bond motifs is 2. The highest BCUT2D eigenvalue weighted by Crippen LogP contribution is 2.38. The van der Waals surface area contributed by atoms with Crippen LogP contribution in [0.25, 0.3) is 10.1 Å². The number of nitrogens with one attached hydrogen (secondary N) is 2. The molecule has 0 fully saturated rings. The molecule has 2 aromatic heterocycles. The van der Waals surface area contributed by atoms with Crippen LogP contribution in [-0.2, 0) is 6.42 Å². The average molecular weight is 414 g/mol. The van der Waals surface area contributed by atoms with Crippen LogP contribution in [0.15, 0.2) is 72.1 Å². The number of anilines is 3. The summed E-state index contributed by atoms with van der Waals surface area (Å²) in [6.45, 7) is 0. The Morgan fingerprint density at radius 3 is 2.77 bits per heavy atom. The Labute approximate surface area is 176 Å². The molecule has 0 saturated heterocycles. The molecule has 30 heavy (non-hydrogen) atoms. The number of hydrogen-bond donors (Lipinski definition) is 3. The standard InChI is InChI=1S/C23H18N4O2S/c28-23(26-15-4-2-1-3-5-15)22-21(18-10-11-24-13-20(18)30-22)25-16-7-8-17-14(12-16)6-9-19(17)27-29/h1-5,7-8,10-13,25,29H,6,9H2,(H,26,28)/b27-19+. The summed E-state index contributed by atoms with van der Waals surface area (Å²) in [5.74, 6) is -0.166. The highest BCUT2D eigenvalue weighted by atomic mass is 32.1. The highest BCUT2D eigenvalue weighted by Gasteiger charge is 2.21. The molecule has 0 atom stereocenters. The van der Waals surface area contributed by atoms with Crippen molar-refractivity contribution in [2.45, 2.75) is 12.8 Å². The van der Waals surface area contributed by atoms with Gasteiger partial charge in [0.2, 0.25) is 0 Å². The summed E-state index contributed by atoms with van der Waals surface area (Å²) in [5, 5.41) is 19.9. The molecule has 2 heterocycles. The number of aryl methyl sites for hydroxylation is 1. The Hall–Kier alpha value is -3.71. The fourth-order valence-electron chi connectivity index (χ4n) is 3.74. The number of benzene rings is 2. The number of pyridine rings is 1. The summed E-state index contributed by atoms with van der Waals surface area (Å²) in [6.07, 6.45) is 5.07. The van der Waals surface area contributed by atoms with E-state index in [1.807, 2.05) is 48.5 Å². The predicted octanol–water partition coefficient (Wildman–Crippen LogP) is 5.42. The zero-order valence-electron chi connectivity index (χ0n) is 15.9. The van der Waals surface area contributed by atoms with Gasteiger partial charge in [-0.1, -0.05) is 29.4 Å². The third kappa shape index (κ3) is 3.29. The maximum absolute atomic E-state index is 13.1. The van der Waals surface area contributed by atoms with Crippen LogP contribution in [0, 0.1) is 0 Å². The number of carbonyl (C=O) groups is 1. The van der Waals surface area contributed by atoms with Gasteiger partial charge in [0.25, 0.3) is 5.91 Å². The fraction of sp³-hybridized carbons (Fsp3) is 0.0870. The van der Waals surface area contributed by atoms with Gasteiger partial charge in [0.1, 0.15) is 4.88 Å². The molecule has 0 saturated carbocycles. The molecule has 0 bridgehead atoms. The molecule has 7 heteroatoms. The topological polar surface area (TPSA) is 86.6 Å². The van der Waals surface area contributed by atoms with Crippen LogP contribution in [0.2, 0.25) is 0 Å². The van der Waals surface area contributed by atoms with Crippen LogP contribution in [0.1, 0.15) is 27.2 Å². The van der Waals surface area contributed by atoms with Gasteiger partial charge in [-0.25, -0.2) is 0 Å². The first kappa shape index (κ1) is 18.3. The number of rotatable bonds is 4. The molecule has 4 aromatic rings. The van der Waals surface area contributed by atoms with E-state index >= 15 is 0 Å². The average Bonchev–Trinajstić information content (AvgIpc) is 3.36. The van der Waals surface area contributed by atoms with Crippen molar-refractivity contribution in [2.24, 2.45) is 5.16 Å². The number of para-hydroxylation sites is 1. The highest BCUT2D eigenvalue weighted by molar-refractivity contribution is 7.21. The SMILES string of the molecule is O=C(Nc1ccccc1)c1sc2cnccc2c1Nc1ccc2c(c1)CC/C2=N\O. The minimum Gasteiger partial charge on any atom is -0.411 e. The van der Waals surface area contributed by atoms with E-state index in [1.165, 1.54) is 11.3 Å². The van der Waals surface area contributed by atoms with Crippen LogP contribution in [0.5, 0.6) is 0 Å². The van der Waals surface area contributed by atoms with Gasteiger partial charge in [0, 0.05) is 34.7 Å². The Kier molecular flexibility index (Phi) is 4.65. The number of amides is 1. The quantitative estimate of drug-likeness (QED) is 0.308. The fourth-order valence-corrected chi connectivity index (χ4v) is 4.76.